The third-order valence-corrected chi connectivity index (χ3v) is 4.03. The molecule has 90 valence electrons. The number of sulfone groups is 1. The second-order valence-corrected chi connectivity index (χ2v) is 7.36. The summed E-state index contributed by atoms with van der Waals surface area (Å²) in [6, 6.07) is 0.712. The maximum absolute atomic E-state index is 11.1. The van der Waals surface area contributed by atoms with Crippen LogP contribution in [0.15, 0.2) is 0 Å². The van der Waals surface area contributed by atoms with Gasteiger partial charge >= 0.3 is 0 Å². The molecule has 0 aromatic heterocycles. The molecule has 1 atom stereocenters. The van der Waals surface area contributed by atoms with Crippen LogP contribution < -0.4 is 5.32 Å². The fraction of sp³-hybridized carbons (Fsp3) is 1.00. The number of rotatable bonds is 7. The fourth-order valence-corrected chi connectivity index (χ4v) is 2.37. The van der Waals surface area contributed by atoms with Crippen LogP contribution in [0.2, 0.25) is 0 Å². The Balaban J connectivity index is 2.28. The summed E-state index contributed by atoms with van der Waals surface area (Å²) < 4.78 is 22.2. The Labute approximate surface area is 93.6 Å². The molecule has 1 fully saturated rings. The van der Waals surface area contributed by atoms with E-state index in [1.54, 1.807) is 0 Å². The zero-order valence-corrected chi connectivity index (χ0v) is 10.8. The Morgan fingerprint density at radius 1 is 1.33 bits per heavy atom. The molecule has 1 N–H and O–H groups in total. The molecule has 4 heteroatoms. The van der Waals surface area contributed by atoms with Gasteiger partial charge in [-0.3, -0.25) is 0 Å². The molecule has 0 amide bonds. The van der Waals surface area contributed by atoms with E-state index in [-0.39, 0.29) is 0 Å². The van der Waals surface area contributed by atoms with E-state index in [0.29, 0.717) is 23.6 Å². The lowest BCUT2D eigenvalue weighted by Crippen LogP contribution is -2.29. The average molecular weight is 233 g/mol. The molecule has 1 saturated carbocycles. The van der Waals surface area contributed by atoms with Crippen molar-refractivity contribution in [1.82, 2.24) is 5.32 Å². The minimum Gasteiger partial charge on any atom is -0.314 e. The van der Waals surface area contributed by atoms with Crippen LogP contribution in [0, 0.1) is 11.8 Å². The summed E-state index contributed by atoms with van der Waals surface area (Å²) in [6.07, 6.45) is 4.68. The summed E-state index contributed by atoms with van der Waals surface area (Å²) >= 11 is 0. The Bertz CT molecular complexity index is 281. The van der Waals surface area contributed by atoms with Gasteiger partial charge in [-0.15, -0.1) is 0 Å². The average Bonchev–Trinajstić information content (AvgIpc) is 2.84. The summed E-state index contributed by atoms with van der Waals surface area (Å²) in [6.45, 7) is 5.31. The fourth-order valence-electron chi connectivity index (χ4n) is 1.64. The van der Waals surface area contributed by atoms with Gasteiger partial charge in [-0.2, -0.15) is 0 Å². The standard InChI is InChI=1S/C11H23NO2S/c1-9(2)10(6-7-15(3,13)14)8-12-11-4-5-11/h9-12H,4-8H2,1-3H3. The van der Waals surface area contributed by atoms with Crippen LogP contribution in [0.25, 0.3) is 0 Å². The van der Waals surface area contributed by atoms with Crippen LogP contribution in [0.4, 0.5) is 0 Å². The molecule has 0 radical (unpaired) electrons. The molecule has 1 aliphatic carbocycles. The normalized spacial score (nSPS) is 19.5. The van der Waals surface area contributed by atoms with Gasteiger partial charge in [0.05, 0.1) is 5.75 Å². The Morgan fingerprint density at radius 2 is 1.93 bits per heavy atom. The van der Waals surface area contributed by atoms with Crippen molar-refractivity contribution in [2.24, 2.45) is 11.8 Å². The molecule has 1 unspecified atom stereocenters. The highest BCUT2D eigenvalue weighted by atomic mass is 32.2. The van der Waals surface area contributed by atoms with Crippen molar-refractivity contribution in [3.8, 4) is 0 Å². The highest BCUT2D eigenvalue weighted by molar-refractivity contribution is 7.90. The van der Waals surface area contributed by atoms with Gasteiger partial charge in [0.2, 0.25) is 0 Å². The van der Waals surface area contributed by atoms with Crippen molar-refractivity contribution in [3.05, 3.63) is 0 Å². The largest absolute Gasteiger partial charge is 0.314 e. The minimum atomic E-state index is -2.80. The molecule has 1 aliphatic rings. The smallest absolute Gasteiger partial charge is 0.147 e. The third kappa shape index (κ3) is 6.15. The predicted octanol–water partition coefficient (Wildman–Crippen LogP) is 1.45. The van der Waals surface area contributed by atoms with Gasteiger partial charge in [0.15, 0.2) is 0 Å². The molecule has 3 nitrogen and oxygen atoms in total. The van der Waals surface area contributed by atoms with Crippen molar-refractivity contribution < 1.29 is 8.42 Å². The lowest BCUT2D eigenvalue weighted by atomic mass is 9.93. The second-order valence-electron chi connectivity index (χ2n) is 5.11. The first-order chi connectivity index (χ1) is 6.88. The van der Waals surface area contributed by atoms with Gasteiger partial charge in [-0.05, 0) is 37.6 Å². The zero-order valence-electron chi connectivity index (χ0n) is 9.99. The van der Waals surface area contributed by atoms with E-state index in [9.17, 15) is 8.42 Å². The lowest BCUT2D eigenvalue weighted by Gasteiger charge is -2.20. The summed E-state index contributed by atoms with van der Waals surface area (Å²) in [5, 5.41) is 3.48. The van der Waals surface area contributed by atoms with Crippen molar-refractivity contribution >= 4 is 9.84 Å². The summed E-state index contributed by atoms with van der Waals surface area (Å²) in [7, 11) is -2.80. The van der Waals surface area contributed by atoms with Crippen molar-refractivity contribution in [3.63, 3.8) is 0 Å². The monoisotopic (exact) mass is 233 g/mol. The van der Waals surface area contributed by atoms with Crippen LogP contribution in [0.5, 0.6) is 0 Å². The molecule has 0 aromatic rings. The molecule has 15 heavy (non-hydrogen) atoms. The van der Waals surface area contributed by atoms with Crippen molar-refractivity contribution in [1.29, 1.82) is 0 Å². The van der Waals surface area contributed by atoms with Gasteiger partial charge in [-0.25, -0.2) is 8.42 Å². The quantitative estimate of drug-likeness (QED) is 0.724. The van der Waals surface area contributed by atoms with Crippen LogP contribution in [-0.2, 0) is 9.84 Å². The topological polar surface area (TPSA) is 46.2 Å². The van der Waals surface area contributed by atoms with E-state index in [2.05, 4.69) is 19.2 Å². The van der Waals surface area contributed by atoms with Crippen LogP contribution in [-0.4, -0.2) is 33.0 Å². The van der Waals surface area contributed by atoms with Gasteiger partial charge in [0, 0.05) is 12.3 Å². The lowest BCUT2D eigenvalue weighted by molar-refractivity contribution is 0.352. The van der Waals surface area contributed by atoms with E-state index in [4.69, 9.17) is 0 Å². The summed E-state index contributed by atoms with van der Waals surface area (Å²) in [4.78, 5) is 0. The molecule has 0 saturated heterocycles. The number of hydrogen-bond donors (Lipinski definition) is 1. The Kier molecular flexibility index (Phi) is 4.59. The first-order valence-corrected chi connectivity index (χ1v) is 7.85. The molecular formula is C11H23NO2S. The molecule has 0 heterocycles. The first-order valence-electron chi connectivity index (χ1n) is 5.79. The van der Waals surface area contributed by atoms with Crippen molar-refractivity contribution in [2.45, 2.75) is 39.2 Å². The highest BCUT2D eigenvalue weighted by Gasteiger charge is 2.23. The molecule has 0 aliphatic heterocycles. The van der Waals surface area contributed by atoms with E-state index in [0.717, 1.165) is 13.0 Å². The first kappa shape index (κ1) is 13.0. The van der Waals surface area contributed by atoms with E-state index in [1.807, 2.05) is 0 Å². The molecule has 0 spiro atoms. The minimum absolute atomic E-state index is 0.322. The molecule has 0 aromatic carbocycles. The number of nitrogens with one attached hydrogen (secondary N) is 1. The van der Waals surface area contributed by atoms with Gasteiger partial charge in [0.1, 0.15) is 9.84 Å². The summed E-state index contributed by atoms with van der Waals surface area (Å²) in [5.74, 6) is 1.36. The predicted molar refractivity (Wildman–Crippen MR) is 63.7 cm³/mol. The van der Waals surface area contributed by atoms with Crippen LogP contribution in [0.3, 0.4) is 0 Å². The zero-order chi connectivity index (χ0) is 11.5. The van der Waals surface area contributed by atoms with E-state index < -0.39 is 9.84 Å². The second kappa shape index (κ2) is 5.30. The number of hydrogen-bond acceptors (Lipinski definition) is 3. The van der Waals surface area contributed by atoms with Gasteiger partial charge < -0.3 is 5.32 Å². The van der Waals surface area contributed by atoms with E-state index in [1.165, 1.54) is 19.1 Å². The molecule has 1 rings (SSSR count). The highest BCUT2D eigenvalue weighted by Crippen LogP contribution is 2.21. The van der Waals surface area contributed by atoms with Gasteiger partial charge in [-0.1, -0.05) is 13.8 Å². The van der Waals surface area contributed by atoms with Crippen LogP contribution in [0.1, 0.15) is 33.1 Å². The maximum Gasteiger partial charge on any atom is 0.147 e. The van der Waals surface area contributed by atoms with Crippen molar-refractivity contribution in [2.75, 3.05) is 18.6 Å². The Morgan fingerprint density at radius 3 is 2.33 bits per heavy atom. The molecular weight excluding hydrogens is 210 g/mol. The summed E-state index contributed by atoms with van der Waals surface area (Å²) in [5.41, 5.74) is 0. The Hall–Kier alpha value is -0.0900. The van der Waals surface area contributed by atoms with E-state index >= 15 is 0 Å². The van der Waals surface area contributed by atoms with Gasteiger partial charge in [0.25, 0.3) is 0 Å². The SMILES string of the molecule is CC(C)C(CCS(C)(=O)=O)CNC1CC1. The van der Waals surface area contributed by atoms with Crippen LogP contribution >= 0.6 is 0 Å². The maximum atomic E-state index is 11.1. The third-order valence-electron chi connectivity index (χ3n) is 3.05. The molecule has 0 bridgehead atoms.